The fraction of sp³-hybridized carbons (Fsp3) is 0.364. The van der Waals surface area contributed by atoms with Crippen LogP contribution in [0.3, 0.4) is 0 Å². The van der Waals surface area contributed by atoms with Gasteiger partial charge in [0.05, 0.1) is 6.42 Å². The molecule has 0 radical (unpaired) electrons. The minimum atomic E-state index is -0.297. The largest absolute Gasteiger partial charge is 0.352 e. The quantitative estimate of drug-likeness (QED) is 0.773. The van der Waals surface area contributed by atoms with Gasteiger partial charge in [-0.05, 0) is 24.6 Å². The summed E-state index contributed by atoms with van der Waals surface area (Å²) in [7, 11) is 0. The second-order valence-corrected chi connectivity index (χ2v) is 3.51. The average molecular weight is 210 g/mol. The van der Waals surface area contributed by atoms with Crippen LogP contribution < -0.4 is 11.1 Å². The normalized spacial score (nSPS) is 12.2. The van der Waals surface area contributed by atoms with E-state index in [1.54, 1.807) is 12.1 Å². The number of amides is 1. The number of nitrogens with two attached hydrogens (primary N) is 1. The lowest BCUT2D eigenvalue weighted by Crippen LogP contribution is -2.38. The van der Waals surface area contributed by atoms with Crippen molar-refractivity contribution < 1.29 is 9.18 Å². The molecule has 1 atom stereocenters. The third-order valence-electron chi connectivity index (χ3n) is 2.04. The Hall–Kier alpha value is -1.42. The summed E-state index contributed by atoms with van der Waals surface area (Å²) in [6.45, 7) is 2.25. The van der Waals surface area contributed by atoms with E-state index < -0.39 is 0 Å². The van der Waals surface area contributed by atoms with Crippen LogP contribution in [0.2, 0.25) is 0 Å². The van der Waals surface area contributed by atoms with E-state index >= 15 is 0 Å². The molecule has 3 nitrogen and oxygen atoms in total. The van der Waals surface area contributed by atoms with E-state index in [1.807, 2.05) is 6.92 Å². The Bertz CT molecular complexity index is 324. The van der Waals surface area contributed by atoms with Gasteiger partial charge in [-0.1, -0.05) is 12.1 Å². The highest BCUT2D eigenvalue weighted by molar-refractivity contribution is 5.78. The van der Waals surface area contributed by atoms with Gasteiger partial charge in [-0.15, -0.1) is 0 Å². The van der Waals surface area contributed by atoms with E-state index in [0.717, 1.165) is 5.56 Å². The van der Waals surface area contributed by atoms with Gasteiger partial charge in [0.1, 0.15) is 5.82 Å². The molecule has 0 saturated carbocycles. The lowest BCUT2D eigenvalue weighted by molar-refractivity contribution is -0.120. The third kappa shape index (κ3) is 4.08. The monoisotopic (exact) mass is 210 g/mol. The van der Waals surface area contributed by atoms with Gasteiger partial charge in [-0.25, -0.2) is 4.39 Å². The molecule has 3 N–H and O–H groups in total. The highest BCUT2D eigenvalue weighted by Gasteiger charge is 2.06. The molecule has 0 fully saturated rings. The van der Waals surface area contributed by atoms with Crippen LogP contribution in [-0.4, -0.2) is 18.5 Å². The number of carbonyl (C=O) groups excluding carboxylic acids is 1. The molecule has 1 amide bonds. The van der Waals surface area contributed by atoms with Crippen molar-refractivity contribution >= 4 is 5.91 Å². The molecular formula is C11H15FN2O. The van der Waals surface area contributed by atoms with Crippen LogP contribution >= 0.6 is 0 Å². The van der Waals surface area contributed by atoms with Gasteiger partial charge in [-0.3, -0.25) is 4.79 Å². The fourth-order valence-electron chi connectivity index (χ4n) is 1.17. The maximum absolute atomic E-state index is 12.6. The number of hydrogen-bond donors (Lipinski definition) is 2. The van der Waals surface area contributed by atoms with Crippen molar-refractivity contribution in [2.45, 2.75) is 19.4 Å². The zero-order valence-electron chi connectivity index (χ0n) is 8.66. The maximum Gasteiger partial charge on any atom is 0.224 e. The summed E-state index contributed by atoms with van der Waals surface area (Å²) < 4.78 is 12.6. The lowest BCUT2D eigenvalue weighted by Gasteiger charge is -2.10. The zero-order chi connectivity index (χ0) is 11.3. The van der Waals surface area contributed by atoms with Crippen molar-refractivity contribution in [3.8, 4) is 0 Å². The average Bonchev–Trinajstić information content (AvgIpc) is 2.21. The standard InChI is InChI=1S/C11H15FN2O/c1-8(7-13)14-11(15)6-9-2-4-10(12)5-3-9/h2-5,8H,6-7,13H2,1H3,(H,14,15). The van der Waals surface area contributed by atoms with E-state index in [4.69, 9.17) is 5.73 Å². The molecule has 0 spiro atoms. The second kappa shape index (κ2) is 5.46. The Morgan fingerprint density at radius 1 is 1.47 bits per heavy atom. The number of rotatable bonds is 4. The Morgan fingerprint density at radius 3 is 2.60 bits per heavy atom. The van der Waals surface area contributed by atoms with Crippen LogP contribution in [-0.2, 0) is 11.2 Å². The van der Waals surface area contributed by atoms with E-state index in [2.05, 4.69) is 5.32 Å². The molecule has 1 rings (SSSR count). The van der Waals surface area contributed by atoms with Crippen molar-refractivity contribution in [1.82, 2.24) is 5.32 Å². The molecule has 4 heteroatoms. The summed E-state index contributed by atoms with van der Waals surface area (Å²) in [4.78, 5) is 11.4. The van der Waals surface area contributed by atoms with Gasteiger partial charge in [0, 0.05) is 12.6 Å². The van der Waals surface area contributed by atoms with Crippen molar-refractivity contribution in [3.05, 3.63) is 35.6 Å². The molecule has 1 unspecified atom stereocenters. The third-order valence-corrected chi connectivity index (χ3v) is 2.04. The van der Waals surface area contributed by atoms with E-state index in [0.29, 0.717) is 6.54 Å². The fourth-order valence-corrected chi connectivity index (χ4v) is 1.17. The van der Waals surface area contributed by atoms with Gasteiger partial charge in [-0.2, -0.15) is 0 Å². The summed E-state index contributed by atoms with van der Waals surface area (Å²) in [5.74, 6) is -0.394. The van der Waals surface area contributed by atoms with E-state index in [1.165, 1.54) is 12.1 Å². The molecule has 0 heterocycles. The van der Waals surface area contributed by atoms with Crippen molar-refractivity contribution in [2.24, 2.45) is 5.73 Å². The molecule has 15 heavy (non-hydrogen) atoms. The molecular weight excluding hydrogens is 195 g/mol. The van der Waals surface area contributed by atoms with Crippen molar-refractivity contribution in [3.63, 3.8) is 0 Å². The molecule has 82 valence electrons. The number of halogens is 1. The van der Waals surface area contributed by atoms with Crippen LogP contribution in [0.5, 0.6) is 0 Å². The first-order valence-electron chi connectivity index (χ1n) is 4.85. The minimum Gasteiger partial charge on any atom is -0.352 e. The molecule has 0 saturated heterocycles. The predicted octanol–water partition coefficient (Wildman–Crippen LogP) is 0.832. The minimum absolute atomic E-state index is 0.0297. The first kappa shape index (κ1) is 11.7. The summed E-state index contributed by atoms with van der Waals surface area (Å²) in [6, 6.07) is 5.85. The molecule has 0 aliphatic rings. The molecule has 0 bridgehead atoms. The highest BCUT2D eigenvalue weighted by atomic mass is 19.1. The Morgan fingerprint density at radius 2 is 2.07 bits per heavy atom. The second-order valence-electron chi connectivity index (χ2n) is 3.51. The first-order chi connectivity index (χ1) is 7.11. The van der Waals surface area contributed by atoms with Crippen molar-refractivity contribution in [1.29, 1.82) is 0 Å². The van der Waals surface area contributed by atoms with Crippen molar-refractivity contribution in [2.75, 3.05) is 6.54 Å². The smallest absolute Gasteiger partial charge is 0.224 e. The molecule has 1 aromatic rings. The highest BCUT2D eigenvalue weighted by Crippen LogP contribution is 2.03. The predicted molar refractivity (Wildman–Crippen MR) is 56.8 cm³/mol. The zero-order valence-corrected chi connectivity index (χ0v) is 8.66. The summed E-state index contributed by atoms with van der Waals surface area (Å²) in [5.41, 5.74) is 6.16. The Kier molecular flexibility index (Phi) is 4.24. The van der Waals surface area contributed by atoms with Crippen LogP contribution in [0.4, 0.5) is 4.39 Å². The molecule has 1 aromatic carbocycles. The van der Waals surface area contributed by atoms with Gasteiger partial charge in [0.15, 0.2) is 0 Å². The Balaban J connectivity index is 2.48. The topological polar surface area (TPSA) is 55.1 Å². The maximum atomic E-state index is 12.6. The van der Waals surface area contributed by atoms with Gasteiger partial charge < -0.3 is 11.1 Å². The number of carbonyl (C=O) groups is 1. The van der Waals surface area contributed by atoms with Crippen LogP contribution in [0.15, 0.2) is 24.3 Å². The van der Waals surface area contributed by atoms with Gasteiger partial charge >= 0.3 is 0 Å². The van der Waals surface area contributed by atoms with E-state index in [9.17, 15) is 9.18 Å². The number of benzene rings is 1. The number of hydrogen-bond acceptors (Lipinski definition) is 2. The lowest BCUT2D eigenvalue weighted by atomic mass is 10.1. The molecule has 0 aliphatic carbocycles. The van der Waals surface area contributed by atoms with Crippen LogP contribution in [0, 0.1) is 5.82 Å². The SMILES string of the molecule is CC(CN)NC(=O)Cc1ccc(F)cc1. The summed E-state index contributed by atoms with van der Waals surface area (Å²) in [5, 5.41) is 2.73. The number of nitrogens with one attached hydrogen (secondary N) is 1. The molecule has 0 aromatic heterocycles. The summed E-state index contributed by atoms with van der Waals surface area (Å²) >= 11 is 0. The van der Waals surface area contributed by atoms with Crippen LogP contribution in [0.25, 0.3) is 0 Å². The van der Waals surface area contributed by atoms with E-state index in [-0.39, 0.29) is 24.2 Å². The van der Waals surface area contributed by atoms with Gasteiger partial charge in [0.25, 0.3) is 0 Å². The molecule has 0 aliphatic heterocycles. The first-order valence-corrected chi connectivity index (χ1v) is 4.85. The Labute approximate surface area is 88.5 Å². The van der Waals surface area contributed by atoms with Crippen LogP contribution in [0.1, 0.15) is 12.5 Å². The van der Waals surface area contributed by atoms with Gasteiger partial charge in [0.2, 0.25) is 5.91 Å². The summed E-state index contributed by atoms with van der Waals surface area (Å²) in [6.07, 6.45) is 0.255.